The maximum absolute atomic E-state index is 12.7. The lowest BCUT2D eigenvalue weighted by molar-refractivity contribution is 0.0586. The summed E-state index contributed by atoms with van der Waals surface area (Å²) in [5.74, 6) is -0.934. The molecule has 4 amide bonds. The molecule has 0 radical (unpaired) electrons. The minimum atomic E-state index is -0.235. The van der Waals surface area contributed by atoms with Gasteiger partial charge in [0.05, 0.1) is 22.3 Å². The fraction of sp³-hybridized carbons (Fsp3) is 0.250. The van der Waals surface area contributed by atoms with Crippen LogP contribution in [0.25, 0.3) is 0 Å². The fourth-order valence-electron chi connectivity index (χ4n) is 4.72. The van der Waals surface area contributed by atoms with Gasteiger partial charge in [0, 0.05) is 24.5 Å². The van der Waals surface area contributed by atoms with Crippen molar-refractivity contribution in [3.63, 3.8) is 0 Å². The van der Waals surface area contributed by atoms with Crippen LogP contribution in [-0.4, -0.2) is 51.0 Å². The third-order valence-corrected chi connectivity index (χ3v) is 6.70. The summed E-state index contributed by atoms with van der Waals surface area (Å²) in [6, 6.07) is 17.6. The number of carbonyl (C=O) groups is 4. The lowest BCUT2D eigenvalue weighted by atomic mass is 10.1. The number of aromatic nitrogens is 1. The summed E-state index contributed by atoms with van der Waals surface area (Å²) in [7, 11) is 0. The third kappa shape index (κ3) is 4.14. The van der Waals surface area contributed by atoms with E-state index in [2.05, 4.69) is 4.98 Å². The largest absolute Gasteiger partial charge is 0.274 e. The van der Waals surface area contributed by atoms with Crippen LogP contribution in [0.1, 0.15) is 72.5 Å². The van der Waals surface area contributed by atoms with Crippen molar-refractivity contribution in [2.24, 2.45) is 0 Å². The molecule has 2 aliphatic heterocycles. The van der Waals surface area contributed by atoms with Crippen LogP contribution in [0.15, 0.2) is 66.9 Å². The molecule has 0 aliphatic carbocycles. The van der Waals surface area contributed by atoms with Crippen LogP contribution in [0.3, 0.4) is 0 Å². The van der Waals surface area contributed by atoms with E-state index in [9.17, 15) is 19.2 Å². The Kier molecular flexibility index (Phi) is 5.99. The second-order valence-electron chi connectivity index (χ2n) is 8.98. The monoisotopic (exact) mass is 467 g/mol. The van der Waals surface area contributed by atoms with Crippen LogP contribution < -0.4 is 0 Å². The molecule has 0 saturated heterocycles. The van der Waals surface area contributed by atoms with Crippen molar-refractivity contribution in [3.8, 4) is 0 Å². The number of fused-ring (bicyclic) bond motifs is 2. The van der Waals surface area contributed by atoms with E-state index < -0.39 is 0 Å². The molecule has 35 heavy (non-hydrogen) atoms. The SMILES string of the molecule is C[C@@H](CCc1ccc(CCCN2C(=O)c3ccccc3C2=O)nc1)N1C(=O)c2ccccc2C1=O. The van der Waals surface area contributed by atoms with Crippen LogP contribution in [-0.2, 0) is 12.8 Å². The molecule has 0 saturated carbocycles. The van der Waals surface area contributed by atoms with Crippen LogP contribution in [0, 0.1) is 0 Å². The van der Waals surface area contributed by atoms with Crippen molar-refractivity contribution in [1.82, 2.24) is 14.8 Å². The van der Waals surface area contributed by atoms with E-state index in [1.54, 1.807) is 48.5 Å². The lowest BCUT2D eigenvalue weighted by Gasteiger charge is -2.22. The van der Waals surface area contributed by atoms with Crippen molar-refractivity contribution < 1.29 is 19.2 Å². The molecule has 7 heteroatoms. The van der Waals surface area contributed by atoms with Gasteiger partial charge in [-0.1, -0.05) is 30.3 Å². The first-order chi connectivity index (χ1) is 17.0. The highest BCUT2D eigenvalue weighted by Crippen LogP contribution is 2.26. The molecule has 0 spiro atoms. The Labute approximate surface area is 203 Å². The Balaban J connectivity index is 1.12. The summed E-state index contributed by atoms with van der Waals surface area (Å²) in [5.41, 5.74) is 3.79. The summed E-state index contributed by atoms with van der Waals surface area (Å²) in [6.07, 6.45) is 4.43. The van der Waals surface area contributed by atoms with E-state index in [4.69, 9.17) is 0 Å². The number of aryl methyl sites for hydroxylation is 2. The van der Waals surface area contributed by atoms with Gasteiger partial charge < -0.3 is 0 Å². The van der Waals surface area contributed by atoms with Gasteiger partial charge in [0.25, 0.3) is 23.6 Å². The number of carbonyl (C=O) groups excluding carboxylic acids is 4. The summed E-state index contributed by atoms with van der Waals surface area (Å²) >= 11 is 0. The van der Waals surface area contributed by atoms with Gasteiger partial charge in [0.15, 0.2) is 0 Å². The van der Waals surface area contributed by atoms with Gasteiger partial charge in [-0.3, -0.25) is 34.0 Å². The average molecular weight is 468 g/mol. The molecular formula is C28H25N3O4. The number of hydrogen-bond acceptors (Lipinski definition) is 5. The molecule has 2 aromatic carbocycles. The second-order valence-corrected chi connectivity index (χ2v) is 8.98. The van der Waals surface area contributed by atoms with Gasteiger partial charge in [0.1, 0.15) is 0 Å². The molecule has 0 fully saturated rings. The second kappa shape index (κ2) is 9.25. The van der Waals surface area contributed by atoms with Gasteiger partial charge in [-0.15, -0.1) is 0 Å². The maximum atomic E-state index is 12.7. The van der Waals surface area contributed by atoms with Crippen molar-refractivity contribution in [2.75, 3.05) is 6.54 Å². The highest BCUT2D eigenvalue weighted by molar-refractivity contribution is 6.22. The number of pyridine rings is 1. The first-order valence-corrected chi connectivity index (χ1v) is 11.8. The zero-order valence-corrected chi connectivity index (χ0v) is 19.4. The smallest absolute Gasteiger partial charge is 0.261 e. The molecule has 176 valence electrons. The number of amides is 4. The Morgan fingerprint density at radius 3 is 1.77 bits per heavy atom. The van der Waals surface area contributed by atoms with Crippen LogP contribution in [0.4, 0.5) is 0 Å². The van der Waals surface area contributed by atoms with Crippen molar-refractivity contribution in [3.05, 3.63) is 100 Å². The number of hydrogen-bond donors (Lipinski definition) is 0. The van der Waals surface area contributed by atoms with Crippen LogP contribution >= 0.6 is 0 Å². The highest BCUT2D eigenvalue weighted by atomic mass is 16.2. The van der Waals surface area contributed by atoms with E-state index in [1.807, 2.05) is 25.3 Å². The molecule has 2 aliphatic rings. The molecule has 0 bridgehead atoms. The first-order valence-electron chi connectivity index (χ1n) is 11.8. The number of benzene rings is 2. The van der Waals surface area contributed by atoms with Crippen molar-refractivity contribution in [2.45, 2.75) is 38.6 Å². The third-order valence-electron chi connectivity index (χ3n) is 6.70. The number of imide groups is 2. The zero-order valence-electron chi connectivity index (χ0n) is 19.4. The molecule has 5 rings (SSSR count). The first kappa shape index (κ1) is 22.7. The van der Waals surface area contributed by atoms with E-state index >= 15 is 0 Å². The van der Waals surface area contributed by atoms with Gasteiger partial charge >= 0.3 is 0 Å². The average Bonchev–Trinajstić information content (AvgIpc) is 3.28. The molecule has 0 N–H and O–H groups in total. The van der Waals surface area contributed by atoms with E-state index in [0.717, 1.165) is 11.3 Å². The minimum absolute atomic E-state index is 0.221. The molecule has 3 heterocycles. The molecule has 1 aromatic heterocycles. The Morgan fingerprint density at radius 1 is 0.714 bits per heavy atom. The van der Waals surface area contributed by atoms with Gasteiger partial charge in [-0.25, -0.2) is 0 Å². The number of rotatable bonds is 8. The minimum Gasteiger partial charge on any atom is -0.274 e. The molecule has 7 nitrogen and oxygen atoms in total. The molecular weight excluding hydrogens is 442 g/mol. The van der Waals surface area contributed by atoms with Gasteiger partial charge in [0.2, 0.25) is 0 Å². The summed E-state index contributed by atoms with van der Waals surface area (Å²) < 4.78 is 0. The van der Waals surface area contributed by atoms with E-state index in [-0.39, 0.29) is 29.7 Å². The molecule has 1 atom stereocenters. The quantitative estimate of drug-likeness (QED) is 0.469. The topological polar surface area (TPSA) is 87.7 Å². The summed E-state index contributed by atoms with van der Waals surface area (Å²) in [5, 5.41) is 0. The van der Waals surface area contributed by atoms with Gasteiger partial charge in [-0.05, 0) is 68.5 Å². The highest BCUT2D eigenvalue weighted by Gasteiger charge is 2.38. The predicted octanol–water partition coefficient (Wildman–Crippen LogP) is 3.93. The van der Waals surface area contributed by atoms with E-state index in [1.165, 1.54) is 9.80 Å². The van der Waals surface area contributed by atoms with E-state index in [0.29, 0.717) is 54.5 Å². The standard InChI is InChI=1S/C28H25N3O4/c1-18(31-27(34)23-10-4-5-11-24(23)28(31)35)12-13-19-14-15-20(29-17-19)7-6-16-30-25(32)21-8-2-3-9-22(21)26(30)33/h2-5,8-11,14-15,17-18H,6-7,12-13,16H2,1H3/t18-/m0/s1. The zero-order chi connectivity index (χ0) is 24.5. The fourth-order valence-corrected chi connectivity index (χ4v) is 4.72. The van der Waals surface area contributed by atoms with Gasteiger partial charge in [-0.2, -0.15) is 0 Å². The summed E-state index contributed by atoms with van der Waals surface area (Å²) in [4.78, 5) is 57.4. The van der Waals surface area contributed by atoms with Crippen molar-refractivity contribution >= 4 is 23.6 Å². The van der Waals surface area contributed by atoms with Crippen LogP contribution in [0.5, 0.6) is 0 Å². The Bertz CT molecular complexity index is 1260. The Hall–Kier alpha value is -4.13. The normalized spacial score (nSPS) is 15.6. The maximum Gasteiger partial charge on any atom is 0.261 e. The lowest BCUT2D eigenvalue weighted by Crippen LogP contribution is -2.38. The molecule has 3 aromatic rings. The predicted molar refractivity (Wildman–Crippen MR) is 129 cm³/mol. The van der Waals surface area contributed by atoms with Crippen molar-refractivity contribution in [1.29, 1.82) is 0 Å². The summed E-state index contributed by atoms with van der Waals surface area (Å²) in [6.45, 7) is 2.25. The number of nitrogens with zero attached hydrogens (tertiary/aromatic N) is 3. The van der Waals surface area contributed by atoms with Crippen LogP contribution in [0.2, 0.25) is 0 Å². The Morgan fingerprint density at radius 2 is 1.26 bits per heavy atom. The molecule has 0 unspecified atom stereocenters.